The van der Waals surface area contributed by atoms with Gasteiger partial charge < -0.3 is 29.9 Å². The molecule has 16 heteroatoms. The van der Waals surface area contributed by atoms with Gasteiger partial charge in [-0.3, -0.25) is 9.05 Å². The summed E-state index contributed by atoms with van der Waals surface area (Å²) in [6, 6.07) is 10.2. The van der Waals surface area contributed by atoms with Gasteiger partial charge in [0.25, 0.3) is 0 Å². The molecule has 0 saturated carbocycles. The third-order valence-electron chi connectivity index (χ3n) is 8.52. The van der Waals surface area contributed by atoms with Crippen LogP contribution in [0.4, 0.5) is 5.82 Å². The molecule has 3 heterocycles. The number of anilines is 1. The van der Waals surface area contributed by atoms with Crippen LogP contribution in [0.5, 0.6) is 5.88 Å². The second-order valence-electron chi connectivity index (χ2n) is 12.4. The Morgan fingerprint density at radius 1 is 0.961 bits per heavy atom. The number of aliphatic hydroxyl groups is 1. The number of pyridine rings is 1. The zero-order chi connectivity index (χ0) is 37.0. The minimum absolute atomic E-state index is 0.0258. The summed E-state index contributed by atoms with van der Waals surface area (Å²) in [4.78, 5) is 18.6. The molecule has 0 fully saturated rings. The van der Waals surface area contributed by atoms with E-state index in [0.717, 1.165) is 19.3 Å². The molecule has 0 aromatic carbocycles. The molecule has 0 aliphatic heterocycles. The topological polar surface area (TPSA) is 220 Å². The normalized spacial score (nSPS) is 15.0. The van der Waals surface area contributed by atoms with Gasteiger partial charge in [0.05, 0.1) is 18.8 Å². The highest BCUT2D eigenvalue weighted by Gasteiger charge is 2.42. The number of phosphoric acid groups is 1. The smallest absolute Gasteiger partial charge is 0.469 e. The summed E-state index contributed by atoms with van der Waals surface area (Å²) in [6.45, 7) is 1.50. The van der Waals surface area contributed by atoms with Crippen LogP contribution in [0.25, 0.3) is 5.52 Å². The van der Waals surface area contributed by atoms with Gasteiger partial charge in [-0.25, -0.2) is 19.0 Å². The first-order chi connectivity index (χ1) is 24.7. The number of rotatable bonds is 27. The van der Waals surface area contributed by atoms with E-state index in [1.807, 2.05) is 12.1 Å². The van der Waals surface area contributed by atoms with Crippen LogP contribution in [0.1, 0.15) is 95.2 Å². The van der Waals surface area contributed by atoms with E-state index >= 15 is 0 Å². The van der Waals surface area contributed by atoms with E-state index in [0.29, 0.717) is 23.4 Å². The molecule has 0 saturated heterocycles. The van der Waals surface area contributed by atoms with Gasteiger partial charge in [-0.1, -0.05) is 77.6 Å². The molecule has 0 spiro atoms. The maximum Gasteiger partial charge on any atom is 0.472 e. The van der Waals surface area contributed by atoms with Gasteiger partial charge in [-0.2, -0.15) is 15.6 Å². The predicted molar refractivity (Wildman–Crippen MR) is 189 cm³/mol. The van der Waals surface area contributed by atoms with Crippen molar-refractivity contribution in [2.24, 2.45) is 0 Å². The second-order valence-corrected chi connectivity index (χ2v) is 13.9. The number of phosphoric ester groups is 1. The number of aromatic nitrogens is 4. The van der Waals surface area contributed by atoms with Gasteiger partial charge >= 0.3 is 7.82 Å². The van der Waals surface area contributed by atoms with Crippen LogP contribution in [0.15, 0.2) is 36.8 Å². The number of nitrogen functional groups attached to an aromatic ring is 1. The van der Waals surface area contributed by atoms with E-state index < -0.39 is 38.8 Å². The van der Waals surface area contributed by atoms with Crippen molar-refractivity contribution in [3.05, 3.63) is 48.0 Å². The largest absolute Gasteiger partial charge is 0.472 e. The lowest BCUT2D eigenvalue weighted by atomic mass is 9.95. The van der Waals surface area contributed by atoms with Crippen molar-refractivity contribution in [1.82, 2.24) is 19.6 Å². The third kappa shape index (κ3) is 14.1. The van der Waals surface area contributed by atoms with Gasteiger partial charge in [0.2, 0.25) is 11.5 Å². The SMILES string of the molecule is CCCCCCCCCCCCCCOC[C@H](COP(=O)(O)OCC(C#N)(OC)[C@@H](O)Cc1ccc2c(N)ncnn12)Oc1ccc(C#N)cn1. The summed E-state index contributed by atoms with van der Waals surface area (Å²) in [5.41, 5.74) is 5.19. The van der Waals surface area contributed by atoms with E-state index in [2.05, 4.69) is 22.0 Å². The van der Waals surface area contributed by atoms with Crippen molar-refractivity contribution in [3.63, 3.8) is 0 Å². The number of methoxy groups -OCH3 is 1. The molecular formula is C35H52N7O8P. The molecule has 15 nitrogen and oxygen atoms in total. The molecule has 3 rings (SSSR count). The molecule has 4 atom stereocenters. The van der Waals surface area contributed by atoms with Gasteiger partial charge in [0.1, 0.15) is 42.8 Å². The van der Waals surface area contributed by atoms with Crippen LogP contribution in [0.2, 0.25) is 0 Å². The number of ether oxygens (including phenoxy) is 3. The number of hydrogen-bond donors (Lipinski definition) is 3. The summed E-state index contributed by atoms with van der Waals surface area (Å²) < 4.78 is 41.8. The van der Waals surface area contributed by atoms with E-state index in [-0.39, 0.29) is 24.7 Å². The van der Waals surface area contributed by atoms with Crippen molar-refractivity contribution in [3.8, 4) is 18.0 Å². The Hall–Kier alpha value is -3.66. The first kappa shape index (κ1) is 41.8. The average Bonchev–Trinajstić information content (AvgIpc) is 3.55. The van der Waals surface area contributed by atoms with Crippen LogP contribution in [-0.2, 0) is 29.5 Å². The quantitative estimate of drug-likeness (QED) is 0.0634. The first-order valence-electron chi connectivity index (χ1n) is 17.6. The Morgan fingerprint density at radius 2 is 1.65 bits per heavy atom. The molecule has 0 aliphatic carbocycles. The molecular weight excluding hydrogens is 677 g/mol. The lowest BCUT2D eigenvalue weighted by molar-refractivity contribution is -0.0910. The maximum absolute atomic E-state index is 13.0. The standard InChI is InChI=1S/C35H52N7O8P/c1-3-4-5-6-7-8-9-10-11-12-13-14-19-47-23-30(50-33-18-15-28(21-36)22-39-33)24-48-51(44,45)49-26-35(25-37,46-2)32(43)20-29-16-17-31-34(38)40-27-41-42(29)31/h15-18,22,27,30,32,43H,3-14,19-20,23-24,26H2,1-2H3,(H,44,45)(H2,38,40,41)/t30-,32+,35?/m1/s1. The fraction of sp³-hybridized carbons (Fsp3) is 0.629. The summed E-state index contributed by atoms with van der Waals surface area (Å²) in [6.07, 6.45) is 14.8. The lowest BCUT2D eigenvalue weighted by Gasteiger charge is -2.30. The molecule has 51 heavy (non-hydrogen) atoms. The molecule has 3 aromatic rings. The number of unbranched alkanes of at least 4 members (excludes halogenated alkanes) is 11. The molecule has 0 aliphatic rings. The highest BCUT2D eigenvalue weighted by atomic mass is 31.2. The highest BCUT2D eigenvalue weighted by Crippen LogP contribution is 2.44. The van der Waals surface area contributed by atoms with Crippen molar-refractivity contribution >= 4 is 19.2 Å². The third-order valence-corrected chi connectivity index (χ3v) is 9.45. The van der Waals surface area contributed by atoms with E-state index in [1.54, 1.807) is 12.1 Å². The van der Waals surface area contributed by atoms with E-state index in [4.69, 9.17) is 34.3 Å². The Morgan fingerprint density at radius 3 is 2.25 bits per heavy atom. The predicted octanol–water partition coefficient (Wildman–Crippen LogP) is 5.69. The van der Waals surface area contributed by atoms with E-state index in [1.165, 1.54) is 94.1 Å². The number of nitrogens with zero attached hydrogens (tertiary/aromatic N) is 6. The minimum atomic E-state index is -4.80. The number of nitriles is 2. The fourth-order valence-corrected chi connectivity index (χ4v) is 6.21. The van der Waals surface area contributed by atoms with Crippen molar-refractivity contribution in [2.45, 2.75) is 108 Å². The Bertz CT molecular complexity index is 1580. The molecule has 280 valence electrons. The summed E-state index contributed by atoms with van der Waals surface area (Å²) in [5.74, 6) is 0.402. The number of hydrogen-bond acceptors (Lipinski definition) is 13. The second kappa shape index (κ2) is 22.3. The van der Waals surface area contributed by atoms with Crippen LogP contribution in [0, 0.1) is 22.7 Å². The lowest BCUT2D eigenvalue weighted by Crippen LogP contribution is -2.48. The fourth-order valence-electron chi connectivity index (χ4n) is 5.42. The van der Waals surface area contributed by atoms with Gasteiger partial charge in [-0.05, 0) is 24.6 Å². The molecule has 3 aromatic heterocycles. The molecule has 2 unspecified atom stereocenters. The summed E-state index contributed by atoms with van der Waals surface area (Å²) >= 11 is 0. The van der Waals surface area contributed by atoms with Crippen LogP contribution < -0.4 is 10.5 Å². The Kier molecular flexibility index (Phi) is 18.3. The van der Waals surface area contributed by atoms with Gasteiger partial charge in [-0.15, -0.1) is 0 Å². The van der Waals surface area contributed by atoms with Gasteiger partial charge in [0, 0.05) is 38.1 Å². The van der Waals surface area contributed by atoms with Crippen molar-refractivity contribution < 1.29 is 37.8 Å². The van der Waals surface area contributed by atoms with Crippen molar-refractivity contribution in [1.29, 1.82) is 10.5 Å². The van der Waals surface area contributed by atoms with Crippen LogP contribution >= 0.6 is 7.82 Å². The summed E-state index contributed by atoms with van der Waals surface area (Å²) in [5, 5.41) is 34.2. The molecule has 0 bridgehead atoms. The first-order valence-corrected chi connectivity index (χ1v) is 19.1. The maximum atomic E-state index is 13.0. The number of fused-ring (bicyclic) bond motifs is 1. The van der Waals surface area contributed by atoms with Crippen molar-refractivity contribution in [2.75, 3.05) is 39.3 Å². The molecule has 0 radical (unpaired) electrons. The Balaban J connectivity index is 1.48. The number of aliphatic hydroxyl groups excluding tert-OH is 1. The zero-order valence-corrected chi connectivity index (χ0v) is 30.6. The molecule has 4 N–H and O–H groups in total. The minimum Gasteiger partial charge on any atom is -0.469 e. The van der Waals surface area contributed by atoms with E-state index in [9.17, 15) is 19.8 Å². The van der Waals surface area contributed by atoms with Gasteiger partial charge in [0.15, 0.2) is 5.82 Å². The highest BCUT2D eigenvalue weighted by molar-refractivity contribution is 7.47. The van der Waals surface area contributed by atoms with Crippen LogP contribution in [0.3, 0.4) is 0 Å². The monoisotopic (exact) mass is 729 g/mol. The van der Waals surface area contributed by atoms with Crippen LogP contribution in [-0.4, -0.2) is 80.9 Å². The number of nitrogens with two attached hydrogens (primary N) is 1. The summed E-state index contributed by atoms with van der Waals surface area (Å²) in [7, 11) is -3.62. The average molecular weight is 730 g/mol. The Labute approximate surface area is 300 Å². The molecule has 0 amide bonds. The zero-order valence-electron chi connectivity index (χ0n) is 29.7.